The Morgan fingerprint density at radius 1 is 1.23 bits per heavy atom. The highest BCUT2D eigenvalue weighted by Crippen LogP contribution is 2.44. The molecule has 0 spiro atoms. The molecular formula is C20H29NO. The highest BCUT2D eigenvalue weighted by Gasteiger charge is 2.36. The minimum atomic E-state index is 0.398. The van der Waals surface area contributed by atoms with E-state index in [9.17, 15) is 0 Å². The van der Waals surface area contributed by atoms with E-state index in [0.29, 0.717) is 11.3 Å². The van der Waals surface area contributed by atoms with Crippen molar-refractivity contribution in [3.8, 4) is 0 Å². The van der Waals surface area contributed by atoms with Gasteiger partial charge in [0, 0.05) is 25.0 Å². The summed E-state index contributed by atoms with van der Waals surface area (Å²) in [4.78, 5) is 2.65. The second-order valence-corrected chi connectivity index (χ2v) is 8.44. The van der Waals surface area contributed by atoms with Crippen LogP contribution in [0.15, 0.2) is 12.1 Å². The third-order valence-electron chi connectivity index (χ3n) is 5.64. The van der Waals surface area contributed by atoms with Gasteiger partial charge >= 0.3 is 0 Å². The van der Waals surface area contributed by atoms with Crippen LogP contribution in [0.1, 0.15) is 67.7 Å². The van der Waals surface area contributed by atoms with Crippen LogP contribution >= 0.6 is 0 Å². The molecule has 1 aromatic carbocycles. The van der Waals surface area contributed by atoms with E-state index in [0.717, 1.165) is 25.7 Å². The van der Waals surface area contributed by atoms with E-state index in [2.05, 4.69) is 37.8 Å². The molecule has 2 fully saturated rings. The number of hydrogen-bond donors (Lipinski definition) is 0. The average Bonchev–Trinajstić information content (AvgIpc) is 3.28. The molecule has 0 N–H and O–H groups in total. The standard InChI is InChI=1S/C20H29NO/c1-14(2)18-8-16-6-7-21(11-20(3)12-22-13-20)10-17(16)9-19(18)15-4-5-15/h8-9,14-15H,4-7,10-13H2,1-3H3. The molecule has 2 heteroatoms. The van der Waals surface area contributed by atoms with Crippen molar-refractivity contribution >= 4 is 0 Å². The third kappa shape index (κ3) is 2.72. The Labute approximate surface area is 134 Å². The molecule has 0 unspecified atom stereocenters. The highest BCUT2D eigenvalue weighted by molar-refractivity contribution is 5.44. The Bertz CT molecular complexity index is 569. The number of benzene rings is 1. The normalized spacial score (nSPS) is 24.2. The fourth-order valence-electron chi connectivity index (χ4n) is 4.17. The molecule has 1 saturated heterocycles. The summed E-state index contributed by atoms with van der Waals surface area (Å²) in [5, 5.41) is 0. The Kier molecular flexibility index (Phi) is 3.58. The molecule has 0 atom stereocenters. The van der Waals surface area contributed by atoms with Crippen molar-refractivity contribution in [2.75, 3.05) is 26.3 Å². The van der Waals surface area contributed by atoms with Gasteiger partial charge < -0.3 is 4.74 Å². The van der Waals surface area contributed by atoms with Gasteiger partial charge in [0.1, 0.15) is 0 Å². The molecule has 2 nitrogen and oxygen atoms in total. The number of nitrogens with zero attached hydrogens (tertiary/aromatic N) is 1. The van der Waals surface area contributed by atoms with Gasteiger partial charge in [0.05, 0.1) is 13.2 Å². The number of fused-ring (bicyclic) bond motifs is 1. The van der Waals surface area contributed by atoms with Gasteiger partial charge in [-0.1, -0.05) is 32.9 Å². The molecule has 1 aliphatic carbocycles. The summed E-state index contributed by atoms with van der Waals surface area (Å²) >= 11 is 0. The quantitative estimate of drug-likeness (QED) is 0.830. The van der Waals surface area contributed by atoms with Gasteiger partial charge in [-0.15, -0.1) is 0 Å². The Balaban J connectivity index is 1.57. The zero-order chi connectivity index (χ0) is 15.3. The molecule has 0 bridgehead atoms. The maximum Gasteiger partial charge on any atom is 0.0554 e. The van der Waals surface area contributed by atoms with Crippen LogP contribution < -0.4 is 0 Å². The van der Waals surface area contributed by atoms with Crippen LogP contribution in [0.3, 0.4) is 0 Å². The van der Waals surface area contributed by atoms with Crippen LogP contribution in [-0.4, -0.2) is 31.2 Å². The van der Waals surface area contributed by atoms with E-state index in [1.165, 1.54) is 32.4 Å². The smallest absolute Gasteiger partial charge is 0.0554 e. The first kappa shape index (κ1) is 14.7. The fraction of sp³-hybridized carbons (Fsp3) is 0.700. The van der Waals surface area contributed by atoms with Gasteiger partial charge in [0.25, 0.3) is 0 Å². The Hall–Kier alpha value is -0.860. The van der Waals surface area contributed by atoms with E-state index < -0.39 is 0 Å². The van der Waals surface area contributed by atoms with E-state index in [-0.39, 0.29) is 0 Å². The van der Waals surface area contributed by atoms with E-state index >= 15 is 0 Å². The van der Waals surface area contributed by atoms with Crippen LogP contribution in [0, 0.1) is 5.41 Å². The van der Waals surface area contributed by atoms with Crippen LogP contribution in [0.25, 0.3) is 0 Å². The van der Waals surface area contributed by atoms with Gasteiger partial charge in [-0.3, -0.25) is 4.90 Å². The van der Waals surface area contributed by atoms with Gasteiger partial charge in [-0.2, -0.15) is 0 Å². The van der Waals surface area contributed by atoms with E-state index in [1.807, 2.05) is 0 Å². The second kappa shape index (κ2) is 5.35. The minimum absolute atomic E-state index is 0.398. The van der Waals surface area contributed by atoms with Crippen LogP contribution in [0.4, 0.5) is 0 Å². The molecule has 22 heavy (non-hydrogen) atoms. The lowest BCUT2D eigenvalue weighted by molar-refractivity contribution is -0.116. The van der Waals surface area contributed by atoms with Crippen molar-refractivity contribution in [2.24, 2.45) is 5.41 Å². The van der Waals surface area contributed by atoms with Crippen LogP contribution in [0.5, 0.6) is 0 Å². The van der Waals surface area contributed by atoms with Crippen LogP contribution in [0.2, 0.25) is 0 Å². The summed E-state index contributed by atoms with van der Waals surface area (Å²) < 4.78 is 5.42. The minimum Gasteiger partial charge on any atom is -0.380 e. The van der Waals surface area contributed by atoms with Crippen molar-refractivity contribution in [1.82, 2.24) is 4.90 Å². The molecular weight excluding hydrogens is 270 g/mol. The summed E-state index contributed by atoms with van der Waals surface area (Å²) in [5.74, 6) is 1.51. The predicted octanol–water partition coefficient (Wildman–Crippen LogP) is 4.08. The largest absolute Gasteiger partial charge is 0.380 e. The SMILES string of the molecule is CC(C)c1cc2c(cc1C1CC1)CN(CC1(C)COC1)CC2. The summed E-state index contributed by atoms with van der Waals surface area (Å²) in [6.07, 6.45) is 4.02. The van der Waals surface area contributed by atoms with Gasteiger partial charge in [-0.05, 0) is 53.4 Å². The van der Waals surface area contributed by atoms with Crippen molar-refractivity contribution < 1.29 is 4.74 Å². The zero-order valence-electron chi connectivity index (χ0n) is 14.3. The summed E-state index contributed by atoms with van der Waals surface area (Å²) in [5.41, 5.74) is 6.89. The molecule has 0 aromatic heterocycles. The molecule has 1 aromatic rings. The molecule has 3 aliphatic rings. The van der Waals surface area contributed by atoms with E-state index in [1.54, 1.807) is 22.3 Å². The first-order valence-electron chi connectivity index (χ1n) is 9.00. The van der Waals surface area contributed by atoms with Crippen molar-refractivity contribution in [3.05, 3.63) is 34.4 Å². The number of rotatable bonds is 4. The lowest BCUT2D eigenvalue weighted by Crippen LogP contribution is -2.49. The second-order valence-electron chi connectivity index (χ2n) is 8.44. The molecule has 0 amide bonds. The van der Waals surface area contributed by atoms with Gasteiger partial charge in [0.2, 0.25) is 0 Å². The molecule has 120 valence electrons. The fourth-order valence-corrected chi connectivity index (χ4v) is 4.17. The van der Waals surface area contributed by atoms with Crippen molar-refractivity contribution in [1.29, 1.82) is 0 Å². The summed E-state index contributed by atoms with van der Waals surface area (Å²) in [6.45, 7) is 12.5. The number of hydrogen-bond acceptors (Lipinski definition) is 2. The lowest BCUT2D eigenvalue weighted by atomic mass is 9.85. The van der Waals surface area contributed by atoms with E-state index in [4.69, 9.17) is 4.74 Å². The predicted molar refractivity (Wildman–Crippen MR) is 90.4 cm³/mol. The van der Waals surface area contributed by atoms with Gasteiger partial charge in [0.15, 0.2) is 0 Å². The number of ether oxygens (including phenoxy) is 1. The van der Waals surface area contributed by atoms with Crippen molar-refractivity contribution in [2.45, 2.75) is 58.4 Å². The molecule has 4 rings (SSSR count). The lowest BCUT2D eigenvalue weighted by Gasteiger charge is -2.43. The first-order chi connectivity index (χ1) is 10.5. The highest BCUT2D eigenvalue weighted by atomic mass is 16.5. The third-order valence-corrected chi connectivity index (χ3v) is 5.64. The zero-order valence-corrected chi connectivity index (χ0v) is 14.3. The molecule has 2 heterocycles. The maximum absolute atomic E-state index is 5.42. The molecule has 1 saturated carbocycles. The molecule has 2 aliphatic heterocycles. The first-order valence-corrected chi connectivity index (χ1v) is 9.00. The Morgan fingerprint density at radius 3 is 2.59 bits per heavy atom. The average molecular weight is 299 g/mol. The summed E-state index contributed by atoms with van der Waals surface area (Å²) in [7, 11) is 0. The Morgan fingerprint density at radius 2 is 2.00 bits per heavy atom. The monoisotopic (exact) mass is 299 g/mol. The van der Waals surface area contributed by atoms with Gasteiger partial charge in [-0.25, -0.2) is 0 Å². The van der Waals surface area contributed by atoms with Crippen molar-refractivity contribution in [3.63, 3.8) is 0 Å². The maximum atomic E-state index is 5.42. The summed E-state index contributed by atoms with van der Waals surface area (Å²) in [6, 6.07) is 5.10. The topological polar surface area (TPSA) is 12.5 Å². The molecule has 0 radical (unpaired) electrons. The van der Waals surface area contributed by atoms with Crippen LogP contribution in [-0.2, 0) is 17.7 Å².